The Hall–Kier alpha value is -4.22. The van der Waals surface area contributed by atoms with Crippen LogP contribution in [0, 0.1) is 10.8 Å². The third-order valence-electron chi connectivity index (χ3n) is 7.48. The van der Waals surface area contributed by atoms with Crippen LogP contribution in [0.1, 0.15) is 60.3 Å². The van der Waals surface area contributed by atoms with Gasteiger partial charge in [0.2, 0.25) is 19.5 Å². The van der Waals surface area contributed by atoms with E-state index in [1.165, 1.54) is 10.9 Å². The van der Waals surface area contributed by atoms with E-state index in [4.69, 9.17) is 38.3 Å². The van der Waals surface area contributed by atoms with Crippen molar-refractivity contribution in [3.8, 4) is 0 Å². The molecule has 3 heterocycles. The number of ether oxygens (including phenoxy) is 4. The molecule has 4 unspecified atom stereocenters. The zero-order valence-corrected chi connectivity index (χ0v) is 30.6. The van der Waals surface area contributed by atoms with E-state index in [0.29, 0.717) is 5.56 Å². The van der Waals surface area contributed by atoms with Gasteiger partial charge >= 0.3 is 25.7 Å². The molecule has 0 radical (unpaired) electrons. The van der Waals surface area contributed by atoms with Crippen LogP contribution in [-0.2, 0) is 57.9 Å². The number of halogens is 1. The lowest BCUT2D eigenvalue weighted by atomic mass is 9.98. The van der Waals surface area contributed by atoms with Gasteiger partial charge in [-0.15, -0.1) is 0 Å². The predicted octanol–water partition coefficient (Wildman–Crippen LogP) is 4.48. The fourth-order valence-electron chi connectivity index (χ4n) is 4.75. The Morgan fingerprint density at radius 1 is 1.00 bits per heavy atom. The first-order valence-electron chi connectivity index (χ1n) is 15.9. The van der Waals surface area contributed by atoms with Gasteiger partial charge in [-0.3, -0.25) is 23.5 Å². The number of phosphoric ester groups is 1. The molecule has 0 aliphatic carbocycles. The number of carbonyl (C=O) groups excluding carboxylic acids is 3. The minimum atomic E-state index is -4.74. The van der Waals surface area contributed by atoms with Crippen molar-refractivity contribution in [2.75, 3.05) is 38.3 Å². The molecule has 1 aromatic carbocycles. The number of rotatable bonds is 14. The van der Waals surface area contributed by atoms with Crippen molar-refractivity contribution in [3.05, 3.63) is 42.2 Å². The van der Waals surface area contributed by atoms with Gasteiger partial charge in [-0.2, -0.15) is 9.97 Å². The van der Waals surface area contributed by atoms with Gasteiger partial charge in [0, 0.05) is 7.05 Å². The van der Waals surface area contributed by atoms with E-state index in [0.717, 1.165) is 6.92 Å². The number of phosphoric acid groups is 1. The van der Waals surface area contributed by atoms with Crippen LogP contribution >= 0.6 is 7.82 Å². The van der Waals surface area contributed by atoms with Gasteiger partial charge in [-0.05, 0) is 54.0 Å². The van der Waals surface area contributed by atoms with Gasteiger partial charge in [0.25, 0.3) is 0 Å². The molecular formula is C32H44FN6O11P. The number of anilines is 2. The summed E-state index contributed by atoms with van der Waals surface area (Å²) in [6.07, 6.45) is -3.58. The van der Waals surface area contributed by atoms with Gasteiger partial charge in [-0.25, -0.2) is 23.0 Å². The first-order chi connectivity index (χ1) is 23.7. The van der Waals surface area contributed by atoms with E-state index in [1.807, 2.05) is 0 Å². The fourth-order valence-corrected chi connectivity index (χ4v) is 5.67. The summed E-state index contributed by atoms with van der Waals surface area (Å²) in [6.45, 7) is 8.23. The molecule has 4 rings (SSSR count). The first kappa shape index (κ1) is 39.6. The van der Waals surface area contributed by atoms with Gasteiger partial charge < -0.3 is 30.0 Å². The Morgan fingerprint density at radius 3 is 2.14 bits per heavy atom. The van der Waals surface area contributed by atoms with Crippen LogP contribution in [-0.4, -0.2) is 82.5 Å². The molecule has 0 saturated carbocycles. The van der Waals surface area contributed by atoms with Crippen LogP contribution in [0.5, 0.6) is 0 Å². The number of fused-ring (bicyclic) bond motifs is 1. The summed E-state index contributed by atoms with van der Waals surface area (Å²) in [5.74, 6) is -2.02. The van der Waals surface area contributed by atoms with Gasteiger partial charge in [0.1, 0.15) is 6.10 Å². The van der Waals surface area contributed by atoms with Crippen molar-refractivity contribution in [2.45, 2.75) is 79.0 Å². The number of aromatic nitrogens is 4. The Morgan fingerprint density at radius 2 is 1.59 bits per heavy atom. The number of carbonyl (C=O) groups is 3. The highest BCUT2D eigenvalue weighted by Gasteiger charge is 2.59. The number of nitrogens with zero attached hydrogens (tertiary/aromatic N) is 4. The number of nitrogens with two attached hydrogens (primary N) is 1. The maximum absolute atomic E-state index is 17.0. The molecule has 51 heavy (non-hydrogen) atoms. The molecule has 0 amide bonds. The number of alkyl halides is 1. The van der Waals surface area contributed by atoms with E-state index in [-0.39, 0.29) is 29.4 Å². The van der Waals surface area contributed by atoms with E-state index in [9.17, 15) is 18.9 Å². The largest absolute Gasteiger partial charge is 0.480 e. The van der Waals surface area contributed by atoms with E-state index < -0.39 is 80.9 Å². The highest BCUT2D eigenvalue weighted by molar-refractivity contribution is 7.48. The Labute approximate surface area is 294 Å². The van der Waals surface area contributed by atoms with Gasteiger partial charge in [-0.1, -0.05) is 30.3 Å². The second-order valence-corrected chi connectivity index (χ2v) is 15.5. The quantitative estimate of drug-likeness (QED) is 0.101. The molecule has 0 bridgehead atoms. The molecule has 3 N–H and O–H groups in total. The van der Waals surface area contributed by atoms with Crippen LogP contribution in [0.3, 0.4) is 0 Å². The van der Waals surface area contributed by atoms with Crippen molar-refractivity contribution < 1.29 is 55.9 Å². The maximum atomic E-state index is 17.0. The van der Waals surface area contributed by atoms with Crippen molar-refractivity contribution in [1.29, 1.82) is 0 Å². The average molecular weight is 739 g/mol. The molecule has 17 nitrogen and oxygen atoms in total. The van der Waals surface area contributed by atoms with Crippen molar-refractivity contribution in [2.24, 2.45) is 10.8 Å². The van der Waals surface area contributed by atoms with E-state index in [2.05, 4.69) is 20.3 Å². The first-order valence-corrected chi connectivity index (χ1v) is 17.3. The predicted molar refractivity (Wildman–Crippen MR) is 179 cm³/mol. The molecule has 280 valence electrons. The van der Waals surface area contributed by atoms with E-state index in [1.54, 1.807) is 78.9 Å². The summed E-state index contributed by atoms with van der Waals surface area (Å²) in [4.78, 5) is 50.4. The zero-order chi connectivity index (χ0) is 37.8. The number of imidazole rings is 1. The SMILES string of the molecule is CNc1nc(N)nc2c1ncn2C1OC(COP(=O)(OCOC(=O)C(C)(C)C)OCOC(=O)C(C)(C)C)C(OC(=O)Cc2ccccc2)C1(C)F. The normalized spacial score (nSPS) is 21.0. The lowest BCUT2D eigenvalue weighted by molar-refractivity contribution is -0.163. The summed E-state index contributed by atoms with van der Waals surface area (Å²) < 4.78 is 70.0. The number of hydrogen-bond donors (Lipinski definition) is 2. The molecule has 3 aromatic rings. The monoisotopic (exact) mass is 738 g/mol. The molecule has 1 aliphatic heterocycles. The molecule has 4 atom stereocenters. The number of esters is 3. The highest BCUT2D eigenvalue weighted by atomic mass is 31.2. The standard InChI is InChI=1S/C32H44FN6O11P/c1-30(2,3)27(41)44-17-47-51(43,48-18-45-28(42)31(4,5)6)46-15-20-23(50-21(40)14-19-12-10-9-11-13-19)32(7,33)26(49-20)39-16-36-22-24(35-8)37-29(34)38-25(22)39/h9-13,16,20,23,26H,14-15,17-18H2,1-8H3,(H3,34,35,37,38). The van der Waals surface area contributed by atoms with Crippen molar-refractivity contribution >= 4 is 48.7 Å². The minimum absolute atomic E-state index is 0.107. The van der Waals surface area contributed by atoms with Crippen LogP contribution in [0.25, 0.3) is 11.2 Å². The lowest BCUT2D eigenvalue weighted by Crippen LogP contribution is -2.44. The Kier molecular flexibility index (Phi) is 12.1. The summed E-state index contributed by atoms with van der Waals surface area (Å²) >= 11 is 0. The molecule has 1 saturated heterocycles. The molecule has 1 fully saturated rings. The van der Waals surface area contributed by atoms with Crippen LogP contribution in [0.15, 0.2) is 36.7 Å². The third-order valence-corrected chi connectivity index (χ3v) is 8.79. The van der Waals surface area contributed by atoms with Crippen molar-refractivity contribution in [3.63, 3.8) is 0 Å². The highest BCUT2D eigenvalue weighted by Crippen LogP contribution is 2.52. The van der Waals surface area contributed by atoms with Gasteiger partial charge in [0.15, 0.2) is 35.0 Å². The average Bonchev–Trinajstić information content (AvgIpc) is 3.56. The topological polar surface area (TPSA) is 215 Å². The maximum Gasteiger partial charge on any atom is 0.480 e. The molecule has 1 aliphatic rings. The molecule has 19 heteroatoms. The second kappa shape index (κ2) is 15.6. The minimum Gasteiger partial charge on any atom is -0.456 e. The van der Waals surface area contributed by atoms with Crippen molar-refractivity contribution in [1.82, 2.24) is 19.5 Å². The van der Waals surface area contributed by atoms with Gasteiger partial charge in [0.05, 0.1) is 30.2 Å². The summed E-state index contributed by atoms with van der Waals surface area (Å²) in [6, 6.07) is 8.65. The van der Waals surface area contributed by atoms with Crippen LogP contribution in [0.4, 0.5) is 16.2 Å². The summed E-state index contributed by atoms with van der Waals surface area (Å²) in [5, 5.41) is 2.85. The Bertz CT molecular complexity index is 1720. The number of nitrogens with one attached hydrogen (secondary N) is 1. The molecular weight excluding hydrogens is 694 g/mol. The second-order valence-electron chi connectivity index (χ2n) is 13.9. The smallest absolute Gasteiger partial charge is 0.456 e. The molecule has 2 aromatic heterocycles. The third kappa shape index (κ3) is 9.77. The number of hydrogen-bond acceptors (Lipinski definition) is 16. The molecule has 0 spiro atoms. The number of benzene rings is 1. The number of nitrogen functional groups attached to an aromatic ring is 1. The zero-order valence-electron chi connectivity index (χ0n) is 29.7. The summed E-state index contributed by atoms with van der Waals surface area (Å²) in [5.41, 5.74) is 2.54. The Balaban J connectivity index is 1.62. The van der Waals surface area contributed by atoms with Crippen LogP contribution in [0.2, 0.25) is 0 Å². The van der Waals surface area contributed by atoms with E-state index >= 15 is 4.39 Å². The summed E-state index contributed by atoms with van der Waals surface area (Å²) in [7, 11) is -3.15. The lowest BCUT2D eigenvalue weighted by Gasteiger charge is -2.28. The fraction of sp³-hybridized carbons (Fsp3) is 0.562. The van der Waals surface area contributed by atoms with Crippen LogP contribution < -0.4 is 11.1 Å².